The Labute approximate surface area is 165 Å². The van der Waals surface area contributed by atoms with E-state index in [-0.39, 0.29) is 18.0 Å². The number of nitrogens with one attached hydrogen (secondary N) is 1. The number of aromatic nitrogens is 1. The Morgan fingerprint density at radius 3 is 2.66 bits per heavy atom. The van der Waals surface area contributed by atoms with Crippen LogP contribution in [0.3, 0.4) is 0 Å². The number of carboxylic acids is 1. The van der Waals surface area contributed by atoms with Gasteiger partial charge in [-0.05, 0) is 35.4 Å². The fraction of sp³-hybridized carbons (Fsp3) is 0.238. The predicted octanol–water partition coefficient (Wildman–Crippen LogP) is 1.09. The topological polar surface area (TPSA) is 140 Å². The van der Waals surface area contributed by atoms with Crippen LogP contribution in [0.25, 0.3) is 10.9 Å². The monoisotopic (exact) mass is 397 g/mol. The number of aromatic amines is 1. The first kappa shape index (κ1) is 19.1. The molecule has 8 heteroatoms. The van der Waals surface area contributed by atoms with E-state index < -0.39 is 24.8 Å². The van der Waals surface area contributed by atoms with Gasteiger partial charge in [-0.3, -0.25) is 4.79 Å². The predicted molar refractivity (Wildman–Crippen MR) is 103 cm³/mol. The molecule has 8 nitrogen and oxygen atoms in total. The van der Waals surface area contributed by atoms with E-state index in [1.807, 2.05) is 0 Å². The zero-order valence-electron chi connectivity index (χ0n) is 15.3. The first-order chi connectivity index (χ1) is 13.9. The molecule has 0 saturated carbocycles. The molecule has 4 rings (SSSR count). The largest absolute Gasteiger partial charge is 0.491 e. The van der Waals surface area contributed by atoms with E-state index in [2.05, 4.69) is 4.98 Å². The number of H-pyrrole nitrogens is 1. The van der Waals surface area contributed by atoms with Crippen molar-refractivity contribution in [2.75, 3.05) is 13.2 Å². The number of hydrogen-bond donors (Lipinski definition) is 5. The first-order valence-corrected chi connectivity index (χ1v) is 9.04. The lowest BCUT2D eigenvalue weighted by atomic mass is 9.88. The normalized spacial score (nSPS) is 14.9. The fourth-order valence-corrected chi connectivity index (χ4v) is 3.52. The van der Waals surface area contributed by atoms with E-state index in [1.165, 1.54) is 12.1 Å². The molecule has 1 aliphatic rings. The zero-order chi connectivity index (χ0) is 20.7. The van der Waals surface area contributed by atoms with E-state index in [0.29, 0.717) is 28.9 Å². The number of fused-ring (bicyclic) bond motifs is 4. The Balaban J connectivity index is 1.63. The number of benzene rings is 2. The van der Waals surface area contributed by atoms with Gasteiger partial charge in [0.2, 0.25) is 5.78 Å². The average molecular weight is 397 g/mol. The van der Waals surface area contributed by atoms with Gasteiger partial charge >= 0.3 is 5.97 Å². The van der Waals surface area contributed by atoms with E-state index in [1.54, 1.807) is 24.3 Å². The highest BCUT2D eigenvalue weighted by molar-refractivity contribution is 6.14. The molecule has 0 spiro atoms. The van der Waals surface area contributed by atoms with Crippen molar-refractivity contribution in [1.82, 2.24) is 4.98 Å². The van der Waals surface area contributed by atoms with Gasteiger partial charge in [-0.1, -0.05) is 12.1 Å². The van der Waals surface area contributed by atoms with Gasteiger partial charge in [0.05, 0.1) is 17.9 Å². The Bertz CT molecular complexity index is 1120. The Kier molecular flexibility index (Phi) is 4.83. The number of ketones is 1. The number of carboxylic acid groups (broad SMARTS) is 1. The lowest BCUT2D eigenvalue weighted by molar-refractivity contribution is -0.0339. The van der Waals surface area contributed by atoms with Gasteiger partial charge in [-0.2, -0.15) is 0 Å². The standard InChI is InChI=1S/C21H19NO7/c23-8-17(24)18(25)9-29-12-3-1-10-5-15-13-4-2-11(21(27)28)6-16(13)22-19(15)20(26)14(10)7-12/h1-4,6-7,17-18,22-25H,5,8-9H2,(H,27,28)/t17-,18-/m1/s1. The quantitative estimate of drug-likeness (QED) is 0.328. The summed E-state index contributed by atoms with van der Waals surface area (Å²) >= 11 is 0. The number of hydrogen-bond acceptors (Lipinski definition) is 6. The van der Waals surface area contributed by atoms with Crippen molar-refractivity contribution in [3.8, 4) is 5.75 Å². The van der Waals surface area contributed by atoms with Crippen molar-refractivity contribution in [1.29, 1.82) is 0 Å². The maximum absolute atomic E-state index is 13.0. The van der Waals surface area contributed by atoms with Crippen LogP contribution >= 0.6 is 0 Å². The van der Waals surface area contributed by atoms with Crippen LogP contribution in [0, 0.1) is 0 Å². The van der Waals surface area contributed by atoms with Crippen molar-refractivity contribution in [3.63, 3.8) is 0 Å². The number of aromatic carboxylic acids is 1. The third-order valence-electron chi connectivity index (χ3n) is 5.13. The Hall–Kier alpha value is -3.20. The van der Waals surface area contributed by atoms with Crippen LogP contribution in [0.4, 0.5) is 0 Å². The van der Waals surface area contributed by atoms with E-state index >= 15 is 0 Å². The van der Waals surface area contributed by atoms with Gasteiger partial charge in [0.15, 0.2) is 0 Å². The second kappa shape index (κ2) is 7.32. The molecule has 0 fully saturated rings. The molecular weight excluding hydrogens is 378 g/mol. The highest BCUT2D eigenvalue weighted by atomic mass is 16.5. The molecule has 0 bridgehead atoms. The fourth-order valence-electron chi connectivity index (χ4n) is 3.52. The average Bonchev–Trinajstić information content (AvgIpc) is 3.09. The molecule has 2 aromatic carbocycles. The van der Waals surface area contributed by atoms with E-state index in [9.17, 15) is 19.8 Å². The van der Waals surface area contributed by atoms with Gasteiger partial charge < -0.3 is 30.1 Å². The Morgan fingerprint density at radius 1 is 1.14 bits per heavy atom. The van der Waals surface area contributed by atoms with Gasteiger partial charge in [0, 0.05) is 22.9 Å². The van der Waals surface area contributed by atoms with Crippen LogP contribution in [0.15, 0.2) is 36.4 Å². The molecule has 0 amide bonds. The van der Waals surface area contributed by atoms with Gasteiger partial charge in [0.25, 0.3) is 0 Å². The van der Waals surface area contributed by atoms with Gasteiger partial charge in [0.1, 0.15) is 24.6 Å². The molecule has 5 N–H and O–H groups in total. The minimum Gasteiger partial charge on any atom is -0.491 e. The van der Waals surface area contributed by atoms with E-state index in [0.717, 1.165) is 16.5 Å². The second-order valence-electron chi connectivity index (χ2n) is 7.00. The summed E-state index contributed by atoms with van der Waals surface area (Å²) in [4.78, 5) is 27.3. The molecule has 1 heterocycles. The van der Waals surface area contributed by atoms with Crippen LogP contribution in [0.5, 0.6) is 5.75 Å². The lowest BCUT2D eigenvalue weighted by Gasteiger charge is -2.19. The summed E-state index contributed by atoms with van der Waals surface area (Å²) in [6, 6.07) is 9.75. The number of carbonyl (C=O) groups is 2. The summed E-state index contributed by atoms with van der Waals surface area (Å²) in [5.41, 5.74) is 3.24. The Morgan fingerprint density at radius 2 is 1.93 bits per heavy atom. The first-order valence-electron chi connectivity index (χ1n) is 9.04. The molecule has 1 aliphatic carbocycles. The minimum absolute atomic E-state index is 0.139. The summed E-state index contributed by atoms with van der Waals surface area (Å²) in [5, 5.41) is 37.9. The SMILES string of the molecule is O=C(O)c1ccc2c3c([nH]c2c1)C(=O)c1cc(OC[C@@H](O)[C@H](O)CO)ccc1C3. The lowest BCUT2D eigenvalue weighted by Crippen LogP contribution is -2.34. The maximum atomic E-state index is 13.0. The maximum Gasteiger partial charge on any atom is 0.335 e. The third kappa shape index (κ3) is 3.38. The summed E-state index contributed by atoms with van der Waals surface area (Å²) in [6.45, 7) is -0.815. The molecule has 0 aliphatic heterocycles. The molecule has 0 unspecified atom stereocenters. The molecule has 0 radical (unpaired) electrons. The van der Waals surface area contributed by atoms with Crippen molar-refractivity contribution in [3.05, 3.63) is 64.3 Å². The van der Waals surface area contributed by atoms with Crippen LogP contribution in [-0.2, 0) is 6.42 Å². The summed E-state index contributed by atoms with van der Waals surface area (Å²) in [5.74, 6) is -0.908. The molecule has 0 saturated heterocycles. The van der Waals surface area contributed by atoms with Crippen molar-refractivity contribution in [2.45, 2.75) is 18.6 Å². The smallest absolute Gasteiger partial charge is 0.335 e. The third-order valence-corrected chi connectivity index (χ3v) is 5.13. The van der Waals surface area contributed by atoms with Gasteiger partial charge in [-0.25, -0.2) is 4.79 Å². The highest BCUT2D eigenvalue weighted by Gasteiger charge is 2.28. The summed E-state index contributed by atoms with van der Waals surface area (Å²) in [7, 11) is 0. The molecule has 29 heavy (non-hydrogen) atoms. The van der Waals surface area contributed by atoms with Crippen molar-refractivity contribution < 1.29 is 34.8 Å². The van der Waals surface area contributed by atoms with Crippen LogP contribution < -0.4 is 4.74 Å². The molecule has 150 valence electrons. The summed E-state index contributed by atoms with van der Waals surface area (Å²) in [6.07, 6.45) is -2.05. The molecule has 3 aromatic rings. The zero-order valence-corrected chi connectivity index (χ0v) is 15.3. The second-order valence-corrected chi connectivity index (χ2v) is 7.00. The van der Waals surface area contributed by atoms with Gasteiger partial charge in [-0.15, -0.1) is 0 Å². The number of aliphatic hydroxyl groups excluding tert-OH is 3. The number of aliphatic hydroxyl groups is 3. The number of rotatable bonds is 6. The molecular formula is C21H19NO7. The van der Waals surface area contributed by atoms with Crippen LogP contribution in [-0.4, -0.2) is 62.6 Å². The molecule has 1 aromatic heterocycles. The summed E-state index contributed by atoms with van der Waals surface area (Å²) < 4.78 is 5.45. The highest BCUT2D eigenvalue weighted by Crippen LogP contribution is 2.34. The van der Waals surface area contributed by atoms with E-state index in [4.69, 9.17) is 14.9 Å². The minimum atomic E-state index is -1.31. The number of ether oxygens (including phenoxy) is 1. The van der Waals surface area contributed by atoms with Crippen molar-refractivity contribution >= 4 is 22.7 Å². The number of carbonyl (C=O) groups excluding carboxylic acids is 1. The molecule has 2 atom stereocenters. The van der Waals surface area contributed by atoms with Crippen LogP contribution in [0.1, 0.15) is 37.5 Å². The van der Waals surface area contributed by atoms with Crippen molar-refractivity contribution in [2.24, 2.45) is 0 Å². The van der Waals surface area contributed by atoms with Crippen LogP contribution in [0.2, 0.25) is 0 Å².